The molecule has 0 aliphatic carbocycles. The van der Waals surface area contributed by atoms with Crippen molar-refractivity contribution in [2.24, 2.45) is 0 Å². The Bertz CT molecular complexity index is 484. The molecule has 1 aromatic rings. The number of benzene rings is 1. The Hall–Kier alpha value is -1.27. The number of alkyl halides is 3. The molecule has 1 unspecified atom stereocenters. The van der Waals surface area contributed by atoms with Crippen molar-refractivity contribution in [1.82, 2.24) is 5.32 Å². The Morgan fingerprint density at radius 3 is 2.68 bits per heavy atom. The number of hydrogen-bond acceptors (Lipinski definition) is 2. The number of carbonyl (C=O) groups excluding carboxylic acids is 1. The molecular weight excluding hydrogens is 281 g/mol. The molecule has 3 nitrogen and oxygen atoms in total. The average Bonchev–Trinajstić information content (AvgIpc) is 2.80. The van der Waals surface area contributed by atoms with Crippen molar-refractivity contribution in [3.63, 3.8) is 0 Å². The molecule has 1 atom stereocenters. The van der Waals surface area contributed by atoms with Gasteiger partial charge in [-0.1, -0.05) is 11.6 Å². The third kappa shape index (κ3) is 3.61. The first-order valence-electron chi connectivity index (χ1n) is 5.78. The van der Waals surface area contributed by atoms with E-state index in [1.54, 1.807) is 0 Å². The fourth-order valence-corrected chi connectivity index (χ4v) is 2.20. The maximum atomic E-state index is 12.6. The second-order valence-corrected chi connectivity index (χ2v) is 4.80. The zero-order valence-corrected chi connectivity index (χ0v) is 10.6. The van der Waals surface area contributed by atoms with Crippen LogP contribution in [0.1, 0.15) is 18.4 Å². The number of rotatable bonds is 2. The molecule has 0 aromatic heterocycles. The highest BCUT2D eigenvalue weighted by Gasteiger charge is 2.31. The van der Waals surface area contributed by atoms with E-state index in [0.29, 0.717) is 6.42 Å². The Labute approximate surface area is 113 Å². The Morgan fingerprint density at radius 2 is 2.11 bits per heavy atom. The number of anilines is 1. The molecule has 1 aromatic carbocycles. The molecule has 1 heterocycles. The van der Waals surface area contributed by atoms with Crippen LogP contribution in [0.4, 0.5) is 18.9 Å². The normalized spacial score (nSPS) is 19.5. The molecule has 1 saturated heterocycles. The summed E-state index contributed by atoms with van der Waals surface area (Å²) in [7, 11) is 0. The molecule has 1 aliphatic heterocycles. The van der Waals surface area contributed by atoms with Crippen LogP contribution in [-0.2, 0) is 11.0 Å². The van der Waals surface area contributed by atoms with Crippen LogP contribution in [0.5, 0.6) is 0 Å². The van der Waals surface area contributed by atoms with Crippen molar-refractivity contribution in [2.45, 2.75) is 25.1 Å². The molecule has 7 heteroatoms. The Kier molecular flexibility index (Phi) is 4.01. The van der Waals surface area contributed by atoms with E-state index in [-0.39, 0.29) is 22.7 Å². The summed E-state index contributed by atoms with van der Waals surface area (Å²) in [5.41, 5.74) is -0.826. The van der Waals surface area contributed by atoms with Crippen molar-refractivity contribution in [2.75, 3.05) is 11.9 Å². The predicted molar refractivity (Wildman–Crippen MR) is 66.1 cm³/mol. The molecular formula is C12H12ClF3N2O. The first-order valence-corrected chi connectivity index (χ1v) is 6.16. The minimum atomic E-state index is -4.49. The average molecular weight is 293 g/mol. The summed E-state index contributed by atoms with van der Waals surface area (Å²) in [6.45, 7) is 0.738. The summed E-state index contributed by atoms with van der Waals surface area (Å²) in [5, 5.41) is 5.35. The van der Waals surface area contributed by atoms with Crippen LogP contribution in [0.15, 0.2) is 18.2 Å². The van der Waals surface area contributed by atoms with Gasteiger partial charge in [0.1, 0.15) is 0 Å². The third-order valence-corrected chi connectivity index (χ3v) is 3.09. The van der Waals surface area contributed by atoms with Gasteiger partial charge in [0.05, 0.1) is 11.6 Å². The number of hydrogen-bond donors (Lipinski definition) is 2. The molecule has 0 bridgehead atoms. The lowest BCUT2D eigenvalue weighted by molar-refractivity contribution is -0.137. The zero-order chi connectivity index (χ0) is 14.0. The molecule has 104 valence electrons. The quantitative estimate of drug-likeness (QED) is 0.879. The summed E-state index contributed by atoms with van der Waals surface area (Å²) >= 11 is 5.63. The summed E-state index contributed by atoms with van der Waals surface area (Å²) in [4.78, 5) is 11.8. The van der Waals surface area contributed by atoms with E-state index in [1.165, 1.54) is 6.07 Å². The van der Waals surface area contributed by atoms with Gasteiger partial charge in [0.15, 0.2) is 0 Å². The van der Waals surface area contributed by atoms with Gasteiger partial charge in [-0.05, 0) is 37.6 Å². The van der Waals surface area contributed by atoms with E-state index in [9.17, 15) is 18.0 Å². The van der Waals surface area contributed by atoms with E-state index in [2.05, 4.69) is 10.6 Å². The first-order chi connectivity index (χ1) is 8.86. The summed E-state index contributed by atoms with van der Waals surface area (Å²) in [6, 6.07) is 2.64. The van der Waals surface area contributed by atoms with Crippen molar-refractivity contribution >= 4 is 23.2 Å². The molecule has 0 saturated carbocycles. The lowest BCUT2D eigenvalue weighted by Gasteiger charge is -2.13. The molecule has 1 aliphatic rings. The van der Waals surface area contributed by atoms with Gasteiger partial charge in [-0.2, -0.15) is 13.2 Å². The highest BCUT2D eigenvalue weighted by molar-refractivity contribution is 6.31. The summed E-state index contributed by atoms with van der Waals surface area (Å²) < 4.78 is 37.8. The van der Waals surface area contributed by atoms with Crippen molar-refractivity contribution in [3.05, 3.63) is 28.8 Å². The highest BCUT2D eigenvalue weighted by atomic mass is 35.5. The van der Waals surface area contributed by atoms with E-state index >= 15 is 0 Å². The summed E-state index contributed by atoms with van der Waals surface area (Å²) in [6.07, 6.45) is -2.93. The van der Waals surface area contributed by atoms with Crippen LogP contribution in [0.2, 0.25) is 5.02 Å². The minimum Gasteiger partial charge on any atom is -0.325 e. The predicted octanol–water partition coefficient (Wildman–Crippen LogP) is 3.05. The summed E-state index contributed by atoms with van der Waals surface area (Å²) in [5.74, 6) is -0.340. The van der Waals surface area contributed by atoms with Gasteiger partial charge in [0.2, 0.25) is 5.91 Å². The van der Waals surface area contributed by atoms with Crippen LogP contribution in [0, 0.1) is 0 Å². The molecule has 1 amide bonds. The molecule has 0 spiro atoms. The van der Waals surface area contributed by atoms with Crippen molar-refractivity contribution in [1.29, 1.82) is 0 Å². The Morgan fingerprint density at radius 1 is 1.37 bits per heavy atom. The molecule has 1 fully saturated rings. The number of halogens is 4. The van der Waals surface area contributed by atoms with Gasteiger partial charge >= 0.3 is 6.18 Å². The number of carbonyl (C=O) groups is 1. The fourth-order valence-electron chi connectivity index (χ4n) is 1.96. The molecule has 2 rings (SSSR count). The minimum absolute atomic E-state index is 0.0542. The van der Waals surface area contributed by atoms with Crippen molar-refractivity contribution < 1.29 is 18.0 Å². The van der Waals surface area contributed by atoms with Crippen LogP contribution in [-0.4, -0.2) is 18.5 Å². The smallest absolute Gasteiger partial charge is 0.325 e. The second-order valence-electron chi connectivity index (χ2n) is 4.36. The second kappa shape index (κ2) is 5.38. The van der Waals surface area contributed by atoms with E-state index in [0.717, 1.165) is 25.1 Å². The van der Waals surface area contributed by atoms with E-state index in [1.807, 2.05) is 0 Å². The first kappa shape index (κ1) is 14.1. The van der Waals surface area contributed by atoms with Gasteiger partial charge in [-0.15, -0.1) is 0 Å². The van der Waals surface area contributed by atoms with Crippen LogP contribution in [0.25, 0.3) is 0 Å². The van der Waals surface area contributed by atoms with Gasteiger partial charge in [-0.3, -0.25) is 4.79 Å². The zero-order valence-electron chi connectivity index (χ0n) is 9.85. The molecule has 19 heavy (non-hydrogen) atoms. The monoisotopic (exact) mass is 292 g/mol. The van der Waals surface area contributed by atoms with E-state index < -0.39 is 11.7 Å². The number of amides is 1. The van der Waals surface area contributed by atoms with Gasteiger partial charge in [-0.25, -0.2) is 0 Å². The third-order valence-electron chi connectivity index (χ3n) is 2.87. The maximum Gasteiger partial charge on any atom is 0.416 e. The van der Waals surface area contributed by atoms with Crippen LogP contribution >= 0.6 is 11.6 Å². The molecule has 0 radical (unpaired) electrons. The van der Waals surface area contributed by atoms with Gasteiger partial charge in [0.25, 0.3) is 0 Å². The van der Waals surface area contributed by atoms with Gasteiger partial charge in [0, 0.05) is 10.7 Å². The van der Waals surface area contributed by atoms with E-state index in [4.69, 9.17) is 11.6 Å². The van der Waals surface area contributed by atoms with Crippen molar-refractivity contribution in [3.8, 4) is 0 Å². The lowest BCUT2D eigenvalue weighted by atomic mass is 10.1. The largest absolute Gasteiger partial charge is 0.416 e. The van der Waals surface area contributed by atoms with Crippen LogP contribution < -0.4 is 10.6 Å². The topological polar surface area (TPSA) is 41.1 Å². The maximum absolute atomic E-state index is 12.6. The number of nitrogens with one attached hydrogen (secondary N) is 2. The lowest BCUT2D eigenvalue weighted by Crippen LogP contribution is -2.35. The fraction of sp³-hybridized carbons (Fsp3) is 0.417. The standard InChI is InChI=1S/C12H12ClF3N2O/c13-8-4-7(12(14,15)16)5-9(6-8)18-11(19)10-2-1-3-17-10/h4-6,10,17H,1-3H2,(H,18,19). The van der Waals surface area contributed by atoms with Crippen LogP contribution in [0.3, 0.4) is 0 Å². The highest BCUT2D eigenvalue weighted by Crippen LogP contribution is 2.33. The SMILES string of the molecule is O=C(Nc1cc(Cl)cc(C(F)(F)F)c1)C1CCCN1. The Balaban J connectivity index is 2.16. The van der Waals surface area contributed by atoms with Gasteiger partial charge < -0.3 is 10.6 Å². The molecule has 2 N–H and O–H groups in total.